The number of hydrogen-bond acceptors (Lipinski definition) is 5. The van der Waals surface area contributed by atoms with Crippen molar-refractivity contribution < 1.29 is 17.9 Å². The Morgan fingerprint density at radius 1 is 1.21 bits per heavy atom. The number of carbonyl (C=O) groups excluding carboxylic acids is 1. The zero-order valence-corrected chi connectivity index (χ0v) is 15.9. The van der Waals surface area contributed by atoms with Gasteiger partial charge >= 0.3 is 5.97 Å². The number of nitrogens with one attached hydrogen (secondary N) is 1. The first-order valence-electron chi connectivity index (χ1n) is 8.21. The number of sulfonamides is 1. The monoisotopic (exact) mass is 356 g/mol. The fourth-order valence-corrected chi connectivity index (χ4v) is 3.58. The standard InChI is InChI=1S/C17H28N2O4S/c1-6-23-17(20)15-8-7-9-16(12-15)24(21,22)18-10-11-19(13(2)3)14(4)5/h7-9,12-14,18H,6,10-11H2,1-5H3. The average molecular weight is 356 g/mol. The number of ether oxygens (including phenoxy) is 1. The zero-order valence-electron chi connectivity index (χ0n) is 15.1. The second kappa shape index (κ2) is 9.15. The van der Waals surface area contributed by atoms with E-state index in [4.69, 9.17) is 4.74 Å². The quantitative estimate of drug-likeness (QED) is 0.687. The molecule has 1 aromatic carbocycles. The summed E-state index contributed by atoms with van der Waals surface area (Å²) in [5.41, 5.74) is 0.228. The lowest BCUT2D eigenvalue weighted by Gasteiger charge is -2.30. The lowest BCUT2D eigenvalue weighted by Crippen LogP contribution is -2.42. The molecule has 1 N–H and O–H groups in total. The highest BCUT2D eigenvalue weighted by Crippen LogP contribution is 2.12. The summed E-state index contributed by atoms with van der Waals surface area (Å²) in [4.78, 5) is 14.0. The van der Waals surface area contributed by atoms with E-state index in [-0.39, 0.29) is 17.1 Å². The molecule has 0 saturated carbocycles. The predicted molar refractivity (Wildman–Crippen MR) is 94.6 cm³/mol. The molecule has 0 atom stereocenters. The van der Waals surface area contributed by atoms with Gasteiger partial charge in [0.2, 0.25) is 10.0 Å². The van der Waals surface area contributed by atoms with Gasteiger partial charge in [-0.25, -0.2) is 17.9 Å². The van der Waals surface area contributed by atoms with E-state index in [1.165, 1.54) is 24.3 Å². The highest BCUT2D eigenvalue weighted by atomic mass is 32.2. The fraction of sp³-hybridized carbons (Fsp3) is 0.588. The molecule has 0 unspecified atom stereocenters. The van der Waals surface area contributed by atoms with Crippen LogP contribution in [0.15, 0.2) is 29.2 Å². The van der Waals surface area contributed by atoms with Crippen molar-refractivity contribution in [1.82, 2.24) is 9.62 Å². The van der Waals surface area contributed by atoms with E-state index < -0.39 is 16.0 Å². The molecule has 0 bridgehead atoms. The largest absolute Gasteiger partial charge is 0.462 e. The van der Waals surface area contributed by atoms with Crippen molar-refractivity contribution in [3.05, 3.63) is 29.8 Å². The molecule has 1 aromatic rings. The van der Waals surface area contributed by atoms with Gasteiger partial charge in [0.25, 0.3) is 0 Å². The van der Waals surface area contributed by atoms with Crippen LogP contribution in [0.2, 0.25) is 0 Å². The summed E-state index contributed by atoms with van der Waals surface area (Å²) < 4.78 is 32.3. The number of esters is 1. The topological polar surface area (TPSA) is 75.7 Å². The molecule has 0 aliphatic rings. The van der Waals surface area contributed by atoms with Gasteiger partial charge in [-0.15, -0.1) is 0 Å². The van der Waals surface area contributed by atoms with Crippen molar-refractivity contribution in [2.45, 2.75) is 51.6 Å². The van der Waals surface area contributed by atoms with Crippen LogP contribution in [0.5, 0.6) is 0 Å². The molecular weight excluding hydrogens is 328 g/mol. The van der Waals surface area contributed by atoms with Crippen molar-refractivity contribution >= 4 is 16.0 Å². The SMILES string of the molecule is CCOC(=O)c1cccc(S(=O)(=O)NCCN(C(C)C)C(C)C)c1. The van der Waals surface area contributed by atoms with Gasteiger partial charge in [0, 0.05) is 25.2 Å². The van der Waals surface area contributed by atoms with Gasteiger partial charge in [-0.05, 0) is 52.8 Å². The average Bonchev–Trinajstić information content (AvgIpc) is 2.51. The number of benzene rings is 1. The van der Waals surface area contributed by atoms with Crippen LogP contribution in [0.3, 0.4) is 0 Å². The molecule has 7 heteroatoms. The minimum Gasteiger partial charge on any atom is -0.462 e. The molecule has 0 spiro atoms. The maximum Gasteiger partial charge on any atom is 0.338 e. The summed E-state index contributed by atoms with van der Waals surface area (Å²) in [7, 11) is -3.66. The van der Waals surface area contributed by atoms with E-state index in [0.29, 0.717) is 25.2 Å². The molecule has 0 saturated heterocycles. The second-order valence-corrected chi connectivity index (χ2v) is 7.84. The number of nitrogens with zero attached hydrogens (tertiary/aromatic N) is 1. The van der Waals surface area contributed by atoms with Gasteiger partial charge in [-0.1, -0.05) is 6.07 Å². The Hall–Kier alpha value is -1.44. The summed E-state index contributed by atoms with van der Waals surface area (Å²) >= 11 is 0. The van der Waals surface area contributed by atoms with Crippen molar-refractivity contribution in [1.29, 1.82) is 0 Å². The third-order valence-electron chi connectivity index (χ3n) is 3.64. The summed E-state index contributed by atoms with van der Waals surface area (Å²) in [6.45, 7) is 11.2. The van der Waals surface area contributed by atoms with Crippen LogP contribution >= 0.6 is 0 Å². The van der Waals surface area contributed by atoms with Crippen LogP contribution < -0.4 is 4.72 Å². The maximum atomic E-state index is 12.4. The number of carbonyl (C=O) groups is 1. The van der Waals surface area contributed by atoms with Gasteiger partial charge < -0.3 is 4.74 Å². The molecule has 0 aliphatic carbocycles. The Balaban J connectivity index is 2.78. The fourth-order valence-electron chi connectivity index (χ4n) is 2.51. The molecule has 0 fully saturated rings. The summed E-state index contributed by atoms with van der Waals surface area (Å²) in [5, 5.41) is 0. The van der Waals surface area contributed by atoms with E-state index in [9.17, 15) is 13.2 Å². The lowest BCUT2D eigenvalue weighted by atomic mass is 10.2. The van der Waals surface area contributed by atoms with Crippen LogP contribution in [-0.2, 0) is 14.8 Å². The molecule has 0 radical (unpaired) electrons. The predicted octanol–water partition coefficient (Wildman–Crippen LogP) is 2.26. The van der Waals surface area contributed by atoms with E-state index in [0.717, 1.165) is 0 Å². The Labute approximate surface area is 145 Å². The van der Waals surface area contributed by atoms with Crippen LogP contribution in [0, 0.1) is 0 Å². The van der Waals surface area contributed by atoms with Gasteiger partial charge in [-0.3, -0.25) is 4.90 Å². The Bertz CT molecular complexity index is 634. The Morgan fingerprint density at radius 3 is 2.38 bits per heavy atom. The molecular formula is C17H28N2O4S. The van der Waals surface area contributed by atoms with Crippen molar-refractivity contribution in [2.75, 3.05) is 19.7 Å². The van der Waals surface area contributed by atoms with Gasteiger partial charge in [0.1, 0.15) is 0 Å². The normalized spacial score (nSPS) is 12.2. The molecule has 24 heavy (non-hydrogen) atoms. The third-order valence-corrected chi connectivity index (χ3v) is 5.10. The first-order chi connectivity index (χ1) is 11.2. The number of rotatable bonds is 9. The van der Waals surface area contributed by atoms with E-state index in [2.05, 4.69) is 37.3 Å². The first-order valence-corrected chi connectivity index (χ1v) is 9.70. The van der Waals surface area contributed by atoms with E-state index in [1.807, 2.05) is 0 Å². The first kappa shape index (κ1) is 20.6. The molecule has 0 amide bonds. The lowest BCUT2D eigenvalue weighted by molar-refractivity contribution is 0.0526. The summed E-state index contributed by atoms with van der Waals surface area (Å²) in [6, 6.07) is 6.55. The Morgan fingerprint density at radius 2 is 1.83 bits per heavy atom. The van der Waals surface area contributed by atoms with E-state index >= 15 is 0 Å². The summed E-state index contributed by atoms with van der Waals surface area (Å²) in [5.74, 6) is -0.527. The molecule has 136 valence electrons. The van der Waals surface area contributed by atoms with Crippen molar-refractivity contribution in [3.63, 3.8) is 0 Å². The smallest absolute Gasteiger partial charge is 0.338 e. The van der Waals surface area contributed by atoms with Crippen LogP contribution in [0.1, 0.15) is 45.0 Å². The van der Waals surface area contributed by atoms with Gasteiger partial charge in [0.05, 0.1) is 17.1 Å². The highest BCUT2D eigenvalue weighted by Gasteiger charge is 2.18. The van der Waals surface area contributed by atoms with Gasteiger partial charge in [0.15, 0.2) is 0 Å². The van der Waals surface area contributed by atoms with Crippen LogP contribution in [-0.4, -0.2) is 51.1 Å². The minimum atomic E-state index is -3.66. The summed E-state index contributed by atoms with van der Waals surface area (Å²) in [6.07, 6.45) is 0. The second-order valence-electron chi connectivity index (χ2n) is 6.07. The molecule has 0 aliphatic heterocycles. The zero-order chi connectivity index (χ0) is 18.3. The van der Waals surface area contributed by atoms with E-state index in [1.54, 1.807) is 6.92 Å². The molecule has 0 heterocycles. The molecule has 1 rings (SSSR count). The minimum absolute atomic E-state index is 0.0636. The number of hydrogen-bond donors (Lipinski definition) is 1. The molecule has 6 nitrogen and oxygen atoms in total. The third kappa shape index (κ3) is 5.89. The van der Waals surface area contributed by atoms with Crippen molar-refractivity contribution in [2.24, 2.45) is 0 Å². The Kier molecular flexibility index (Phi) is 7.86. The maximum absolute atomic E-state index is 12.4. The molecule has 0 aromatic heterocycles. The van der Waals surface area contributed by atoms with Crippen LogP contribution in [0.25, 0.3) is 0 Å². The van der Waals surface area contributed by atoms with Gasteiger partial charge in [-0.2, -0.15) is 0 Å². The van der Waals surface area contributed by atoms with Crippen LogP contribution in [0.4, 0.5) is 0 Å². The highest BCUT2D eigenvalue weighted by molar-refractivity contribution is 7.89. The van der Waals surface area contributed by atoms with Crippen molar-refractivity contribution in [3.8, 4) is 0 Å².